The number of nitrogens with zero attached hydrogens (tertiary/aromatic N) is 2. The smallest absolute Gasteiger partial charge is 0.174 e. The third-order valence-corrected chi connectivity index (χ3v) is 3.04. The maximum atomic E-state index is 5.98. The van der Waals surface area contributed by atoms with Gasteiger partial charge in [0, 0.05) is 0 Å². The fraction of sp³-hybridized carbons (Fsp3) is 0.125. The summed E-state index contributed by atoms with van der Waals surface area (Å²) >= 11 is 0. The monoisotopic (exact) mass is 280 g/mol. The zero-order valence-corrected chi connectivity index (χ0v) is 11.7. The van der Waals surface area contributed by atoms with Crippen molar-refractivity contribution in [3.8, 4) is 5.75 Å². The highest BCUT2D eigenvalue weighted by molar-refractivity contribution is 5.81. The quantitative estimate of drug-likeness (QED) is 0.766. The van der Waals surface area contributed by atoms with Crippen molar-refractivity contribution >= 4 is 28.4 Å². The molecule has 3 rings (SSSR count). The minimum absolute atomic E-state index is 0.361. The number of nitrogens with two attached hydrogens (primary N) is 1. The van der Waals surface area contributed by atoms with Gasteiger partial charge in [0.2, 0.25) is 0 Å². The third kappa shape index (κ3) is 2.72. The maximum absolute atomic E-state index is 5.98. The lowest BCUT2D eigenvalue weighted by atomic mass is 10.3. The van der Waals surface area contributed by atoms with E-state index in [1.165, 1.54) is 0 Å². The van der Waals surface area contributed by atoms with Crippen LogP contribution in [0.3, 0.4) is 0 Å². The second-order valence-electron chi connectivity index (χ2n) is 4.50. The van der Waals surface area contributed by atoms with Crippen LogP contribution in [0.5, 0.6) is 5.75 Å². The van der Waals surface area contributed by atoms with Crippen LogP contribution in [-0.4, -0.2) is 16.6 Å². The van der Waals surface area contributed by atoms with Crippen LogP contribution in [-0.2, 0) is 0 Å². The van der Waals surface area contributed by atoms with Crippen LogP contribution in [0.1, 0.15) is 6.92 Å². The molecule has 0 aliphatic heterocycles. The molecular formula is C16H16N4O. The van der Waals surface area contributed by atoms with Crippen molar-refractivity contribution in [2.75, 3.05) is 17.7 Å². The van der Waals surface area contributed by atoms with E-state index in [9.17, 15) is 0 Å². The topological polar surface area (TPSA) is 73.1 Å². The van der Waals surface area contributed by atoms with E-state index in [0.717, 1.165) is 22.5 Å². The number of anilines is 3. The molecule has 5 heteroatoms. The van der Waals surface area contributed by atoms with Gasteiger partial charge in [-0.25, -0.2) is 9.97 Å². The predicted molar refractivity (Wildman–Crippen MR) is 84.8 cm³/mol. The molecule has 0 aliphatic rings. The Balaban J connectivity index is 2.00. The Labute approximate surface area is 122 Å². The third-order valence-electron chi connectivity index (χ3n) is 3.04. The Morgan fingerprint density at radius 3 is 2.43 bits per heavy atom. The summed E-state index contributed by atoms with van der Waals surface area (Å²) in [6.45, 7) is 2.54. The van der Waals surface area contributed by atoms with Gasteiger partial charge in [0.15, 0.2) is 11.6 Å². The van der Waals surface area contributed by atoms with Crippen molar-refractivity contribution < 1.29 is 4.74 Å². The van der Waals surface area contributed by atoms with Crippen molar-refractivity contribution in [3.05, 3.63) is 48.5 Å². The van der Waals surface area contributed by atoms with E-state index in [-0.39, 0.29) is 0 Å². The minimum atomic E-state index is 0.361. The second-order valence-corrected chi connectivity index (χ2v) is 4.50. The molecule has 0 unspecified atom stereocenters. The largest absolute Gasteiger partial charge is 0.492 e. The van der Waals surface area contributed by atoms with Crippen LogP contribution in [0.15, 0.2) is 48.5 Å². The molecule has 0 radical (unpaired) electrons. The van der Waals surface area contributed by atoms with Gasteiger partial charge in [-0.3, -0.25) is 0 Å². The standard InChI is InChI=1S/C16H16N4O/c1-2-21-14-10-6-5-9-13(14)20-16-15(17)18-11-7-3-4-8-12(11)19-16/h3-10H,2H2,1H3,(H2,17,18)(H,19,20). The zero-order valence-electron chi connectivity index (χ0n) is 11.7. The molecular weight excluding hydrogens is 264 g/mol. The molecule has 0 saturated heterocycles. The molecule has 3 N–H and O–H groups in total. The first kappa shape index (κ1) is 13.2. The second kappa shape index (κ2) is 5.66. The lowest BCUT2D eigenvalue weighted by molar-refractivity contribution is 0.342. The van der Waals surface area contributed by atoms with E-state index < -0.39 is 0 Å². The lowest BCUT2D eigenvalue weighted by Crippen LogP contribution is -2.04. The molecule has 21 heavy (non-hydrogen) atoms. The summed E-state index contributed by atoms with van der Waals surface area (Å²) in [5.41, 5.74) is 8.37. The first-order chi connectivity index (χ1) is 10.3. The number of aromatic nitrogens is 2. The number of rotatable bonds is 4. The number of nitrogens with one attached hydrogen (secondary N) is 1. The SMILES string of the molecule is CCOc1ccccc1Nc1nc2ccccc2nc1N. The van der Waals surface area contributed by atoms with Gasteiger partial charge in [-0.1, -0.05) is 24.3 Å². The molecule has 0 atom stereocenters. The molecule has 3 aromatic rings. The van der Waals surface area contributed by atoms with Gasteiger partial charge >= 0.3 is 0 Å². The number of para-hydroxylation sites is 4. The van der Waals surface area contributed by atoms with E-state index in [2.05, 4.69) is 15.3 Å². The van der Waals surface area contributed by atoms with Crippen molar-refractivity contribution in [1.82, 2.24) is 9.97 Å². The number of fused-ring (bicyclic) bond motifs is 1. The Morgan fingerprint density at radius 1 is 1.00 bits per heavy atom. The first-order valence-electron chi connectivity index (χ1n) is 6.79. The fourth-order valence-electron chi connectivity index (χ4n) is 2.08. The van der Waals surface area contributed by atoms with E-state index in [1.807, 2.05) is 55.5 Å². The normalized spacial score (nSPS) is 10.5. The van der Waals surface area contributed by atoms with E-state index >= 15 is 0 Å². The average molecular weight is 280 g/mol. The number of benzene rings is 2. The number of hydrogen-bond acceptors (Lipinski definition) is 5. The summed E-state index contributed by atoms with van der Waals surface area (Å²) in [5.74, 6) is 1.65. The lowest BCUT2D eigenvalue weighted by Gasteiger charge is -2.13. The van der Waals surface area contributed by atoms with Gasteiger partial charge < -0.3 is 15.8 Å². The summed E-state index contributed by atoms with van der Waals surface area (Å²) in [6, 6.07) is 15.3. The van der Waals surface area contributed by atoms with Gasteiger partial charge in [0.05, 0.1) is 23.3 Å². The first-order valence-corrected chi connectivity index (χ1v) is 6.79. The number of nitrogen functional groups attached to an aromatic ring is 1. The number of hydrogen-bond donors (Lipinski definition) is 2. The highest BCUT2D eigenvalue weighted by Gasteiger charge is 2.09. The van der Waals surface area contributed by atoms with Crippen LogP contribution in [0.2, 0.25) is 0 Å². The molecule has 2 aromatic carbocycles. The summed E-state index contributed by atoms with van der Waals surface area (Å²) in [4.78, 5) is 8.88. The summed E-state index contributed by atoms with van der Waals surface area (Å²) in [7, 11) is 0. The average Bonchev–Trinajstić information content (AvgIpc) is 2.50. The predicted octanol–water partition coefficient (Wildman–Crippen LogP) is 3.35. The Bertz CT molecular complexity index is 773. The summed E-state index contributed by atoms with van der Waals surface area (Å²) in [6.07, 6.45) is 0. The molecule has 0 spiro atoms. The van der Waals surface area contributed by atoms with Gasteiger partial charge in [-0.15, -0.1) is 0 Å². The summed E-state index contributed by atoms with van der Waals surface area (Å²) < 4.78 is 5.59. The molecule has 0 bridgehead atoms. The number of ether oxygens (including phenoxy) is 1. The molecule has 1 heterocycles. The highest BCUT2D eigenvalue weighted by atomic mass is 16.5. The van der Waals surface area contributed by atoms with E-state index in [0.29, 0.717) is 18.2 Å². The maximum Gasteiger partial charge on any atom is 0.174 e. The van der Waals surface area contributed by atoms with Gasteiger partial charge in [0.1, 0.15) is 5.75 Å². The molecule has 5 nitrogen and oxygen atoms in total. The van der Waals surface area contributed by atoms with Crippen molar-refractivity contribution in [2.45, 2.75) is 6.92 Å². The van der Waals surface area contributed by atoms with Crippen LogP contribution in [0.25, 0.3) is 11.0 Å². The molecule has 0 saturated carbocycles. The van der Waals surface area contributed by atoms with Crippen molar-refractivity contribution in [1.29, 1.82) is 0 Å². The van der Waals surface area contributed by atoms with Crippen LogP contribution in [0, 0.1) is 0 Å². The fourth-order valence-corrected chi connectivity index (χ4v) is 2.08. The minimum Gasteiger partial charge on any atom is -0.492 e. The van der Waals surface area contributed by atoms with E-state index in [1.54, 1.807) is 0 Å². The molecule has 106 valence electrons. The van der Waals surface area contributed by atoms with Crippen molar-refractivity contribution in [3.63, 3.8) is 0 Å². The highest BCUT2D eigenvalue weighted by Crippen LogP contribution is 2.29. The molecule has 0 aliphatic carbocycles. The van der Waals surface area contributed by atoms with Gasteiger partial charge in [-0.05, 0) is 31.2 Å². The Hall–Kier alpha value is -2.82. The van der Waals surface area contributed by atoms with Crippen LogP contribution < -0.4 is 15.8 Å². The van der Waals surface area contributed by atoms with E-state index in [4.69, 9.17) is 10.5 Å². The summed E-state index contributed by atoms with van der Waals surface area (Å²) in [5, 5.41) is 3.19. The zero-order chi connectivity index (χ0) is 14.7. The van der Waals surface area contributed by atoms with Gasteiger partial charge in [-0.2, -0.15) is 0 Å². The van der Waals surface area contributed by atoms with Crippen molar-refractivity contribution in [2.24, 2.45) is 0 Å². The molecule has 1 aromatic heterocycles. The molecule has 0 fully saturated rings. The van der Waals surface area contributed by atoms with Crippen LogP contribution in [0.4, 0.5) is 17.3 Å². The van der Waals surface area contributed by atoms with Gasteiger partial charge in [0.25, 0.3) is 0 Å². The van der Waals surface area contributed by atoms with Crippen LogP contribution >= 0.6 is 0 Å². The Morgan fingerprint density at radius 2 is 1.67 bits per heavy atom. The molecule has 0 amide bonds. The Kier molecular flexibility index (Phi) is 3.55.